The van der Waals surface area contributed by atoms with Gasteiger partial charge in [-0.25, -0.2) is 17.8 Å². The van der Waals surface area contributed by atoms with Gasteiger partial charge in [-0.1, -0.05) is 30.3 Å². The number of hydrogen-bond acceptors (Lipinski definition) is 3. The molecule has 2 rings (SSSR count). The lowest BCUT2D eigenvalue weighted by Crippen LogP contribution is -2.16. The first-order chi connectivity index (χ1) is 8.96. The second-order valence-corrected chi connectivity index (χ2v) is 6.47. The largest absolute Gasteiger partial charge is 0.265 e. The third kappa shape index (κ3) is 4.00. The van der Waals surface area contributed by atoms with Crippen molar-refractivity contribution in [3.63, 3.8) is 0 Å². The molecule has 0 saturated heterocycles. The van der Waals surface area contributed by atoms with Crippen LogP contribution in [0, 0.1) is 5.82 Å². The van der Waals surface area contributed by atoms with E-state index < -0.39 is 15.8 Å². The highest BCUT2D eigenvalue weighted by molar-refractivity contribution is 9.10. The Kier molecular flexibility index (Phi) is 4.16. The lowest BCUT2D eigenvalue weighted by atomic mass is 10.2. The van der Waals surface area contributed by atoms with Crippen LogP contribution in [0.3, 0.4) is 0 Å². The Morgan fingerprint density at radius 2 is 1.95 bits per heavy atom. The number of pyridine rings is 1. The summed E-state index contributed by atoms with van der Waals surface area (Å²) >= 11 is 3.05. The first kappa shape index (κ1) is 14.0. The maximum atomic E-state index is 13.5. The number of aromatic nitrogens is 1. The Morgan fingerprint density at radius 1 is 1.26 bits per heavy atom. The molecule has 0 amide bonds. The van der Waals surface area contributed by atoms with Gasteiger partial charge < -0.3 is 0 Å². The minimum atomic E-state index is -3.69. The van der Waals surface area contributed by atoms with E-state index in [1.165, 1.54) is 6.20 Å². The fourth-order valence-corrected chi connectivity index (χ4v) is 2.92. The molecule has 0 bridgehead atoms. The Balaban J connectivity index is 2.17. The summed E-state index contributed by atoms with van der Waals surface area (Å²) in [7, 11) is -3.69. The average molecular weight is 345 g/mol. The molecule has 2 aromatic rings. The second-order valence-electron chi connectivity index (χ2n) is 3.83. The zero-order valence-corrected chi connectivity index (χ0v) is 12.1. The molecule has 0 aliphatic rings. The Labute approximate surface area is 118 Å². The standard InChI is InChI=1S/C12H10BrFN2O2S/c13-10-6-11(14)12(15-7-10)16-19(17,18)8-9-4-2-1-3-5-9/h1-7H,8H2,(H,15,16). The van der Waals surface area contributed by atoms with Crippen LogP contribution in [0.1, 0.15) is 5.56 Å². The molecular formula is C12H10BrFN2O2S. The first-order valence-corrected chi connectivity index (χ1v) is 7.76. The molecule has 1 aromatic heterocycles. The number of nitrogens with zero attached hydrogens (tertiary/aromatic N) is 1. The van der Waals surface area contributed by atoms with Crippen molar-refractivity contribution in [1.82, 2.24) is 4.98 Å². The number of anilines is 1. The van der Waals surface area contributed by atoms with Crippen molar-refractivity contribution in [2.75, 3.05) is 4.72 Å². The minimum absolute atomic E-state index is 0.231. The van der Waals surface area contributed by atoms with Crippen LogP contribution in [0.2, 0.25) is 0 Å². The summed E-state index contributed by atoms with van der Waals surface area (Å²) < 4.78 is 39.8. The summed E-state index contributed by atoms with van der Waals surface area (Å²) in [6.07, 6.45) is 1.32. The summed E-state index contributed by atoms with van der Waals surface area (Å²) in [5.74, 6) is -1.27. The van der Waals surface area contributed by atoms with Crippen LogP contribution in [0.25, 0.3) is 0 Å². The highest BCUT2D eigenvalue weighted by Gasteiger charge is 2.15. The number of halogens is 2. The molecule has 0 aliphatic heterocycles. The van der Waals surface area contributed by atoms with E-state index in [0.717, 1.165) is 6.07 Å². The summed E-state index contributed by atoms with van der Waals surface area (Å²) in [6, 6.07) is 9.79. The molecule has 0 radical (unpaired) electrons. The van der Waals surface area contributed by atoms with Crippen LogP contribution in [-0.4, -0.2) is 13.4 Å². The Morgan fingerprint density at radius 3 is 2.58 bits per heavy atom. The molecule has 7 heteroatoms. The molecule has 0 saturated carbocycles. The SMILES string of the molecule is O=S(=O)(Cc1ccccc1)Nc1ncc(Br)cc1F. The minimum Gasteiger partial charge on any atom is -0.265 e. The van der Waals surface area contributed by atoms with E-state index in [2.05, 4.69) is 25.6 Å². The van der Waals surface area contributed by atoms with Gasteiger partial charge in [0.1, 0.15) is 0 Å². The topological polar surface area (TPSA) is 59.1 Å². The van der Waals surface area contributed by atoms with Gasteiger partial charge in [0.05, 0.1) is 5.75 Å². The molecule has 100 valence electrons. The summed E-state index contributed by atoms with van der Waals surface area (Å²) in [4.78, 5) is 3.69. The van der Waals surface area contributed by atoms with Crippen molar-refractivity contribution < 1.29 is 12.8 Å². The zero-order chi connectivity index (χ0) is 13.9. The molecule has 19 heavy (non-hydrogen) atoms. The highest BCUT2D eigenvalue weighted by Crippen LogP contribution is 2.18. The molecule has 4 nitrogen and oxygen atoms in total. The third-order valence-corrected chi connectivity index (χ3v) is 3.91. The van der Waals surface area contributed by atoms with Gasteiger partial charge in [-0.05, 0) is 27.6 Å². The van der Waals surface area contributed by atoms with Gasteiger partial charge in [-0.3, -0.25) is 4.72 Å². The van der Waals surface area contributed by atoms with E-state index in [-0.39, 0.29) is 11.6 Å². The molecule has 0 fully saturated rings. The maximum Gasteiger partial charge on any atom is 0.238 e. The maximum absolute atomic E-state index is 13.5. The van der Waals surface area contributed by atoms with Crippen LogP contribution in [0.4, 0.5) is 10.2 Å². The first-order valence-electron chi connectivity index (χ1n) is 5.32. The van der Waals surface area contributed by atoms with Crippen molar-refractivity contribution in [1.29, 1.82) is 0 Å². The monoisotopic (exact) mass is 344 g/mol. The fraction of sp³-hybridized carbons (Fsp3) is 0.0833. The van der Waals surface area contributed by atoms with Gasteiger partial charge in [0.25, 0.3) is 0 Å². The van der Waals surface area contributed by atoms with E-state index in [0.29, 0.717) is 10.0 Å². The van der Waals surface area contributed by atoms with Crippen LogP contribution in [0.15, 0.2) is 47.1 Å². The number of sulfonamides is 1. The third-order valence-electron chi connectivity index (χ3n) is 2.26. The normalized spacial score (nSPS) is 11.3. The van der Waals surface area contributed by atoms with Crippen molar-refractivity contribution in [2.45, 2.75) is 5.75 Å². The Bertz CT molecular complexity index is 677. The summed E-state index contributed by atoms with van der Waals surface area (Å²) in [6.45, 7) is 0. The molecule has 1 heterocycles. The molecule has 0 atom stereocenters. The molecular weight excluding hydrogens is 335 g/mol. The number of hydrogen-bond donors (Lipinski definition) is 1. The number of nitrogens with one attached hydrogen (secondary N) is 1. The number of rotatable bonds is 4. The van der Waals surface area contributed by atoms with E-state index in [9.17, 15) is 12.8 Å². The van der Waals surface area contributed by atoms with Gasteiger partial charge in [-0.15, -0.1) is 0 Å². The predicted molar refractivity (Wildman–Crippen MR) is 74.6 cm³/mol. The highest BCUT2D eigenvalue weighted by atomic mass is 79.9. The molecule has 0 spiro atoms. The second kappa shape index (κ2) is 5.66. The summed E-state index contributed by atoms with van der Waals surface area (Å²) in [5.41, 5.74) is 0.618. The van der Waals surface area contributed by atoms with Gasteiger partial charge >= 0.3 is 0 Å². The average Bonchev–Trinajstić information content (AvgIpc) is 2.33. The fourth-order valence-electron chi connectivity index (χ4n) is 1.47. The van der Waals surface area contributed by atoms with Crippen molar-refractivity contribution in [3.05, 3.63) is 58.4 Å². The van der Waals surface area contributed by atoms with Gasteiger partial charge in [0.15, 0.2) is 11.6 Å². The summed E-state index contributed by atoms with van der Waals surface area (Å²) in [5, 5.41) is 0. The van der Waals surface area contributed by atoms with E-state index in [1.807, 2.05) is 0 Å². The lowest BCUT2D eigenvalue weighted by molar-refractivity contribution is 0.596. The van der Waals surface area contributed by atoms with Crippen molar-refractivity contribution >= 4 is 31.8 Å². The predicted octanol–water partition coefficient (Wildman–Crippen LogP) is 2.93. The van der Waals surface area contributed by atoms with Gasteiger partial charge in [-0.2, -0.15) is 0 Å². The van der Waals surface area contributed by atoms with Crippen LogP contribution in [-0.2, 0) is 15.8 Å². The van der Waals surface area contributed by atoms with E-state index in [4.69, 9.17) is 0 Å². The van der Waals surface area contributed by atoms with Crippen LogP contribution in [0.5, 0.6) is 0 Å². The molecule has 0 aliphatic carbocycles. The molecule has 0 unspecified atom stereocenters. The van der Waals surface area contributed by atoms with E-state index in [1.54, 1.807) is 30.3 Å². The molecule has 1 N–H and O–H groups in total. The smallest absolute Gasteiger partial charge is 0.238 e. The van der Waals surface area contributed by atoms with Crippen molar-refractivity contribution in [3.8, 4) is 0 Å². The number of benzene rings is 1. The van der Waals surface area contributed by atoms with E-state index >= 15 is 0 Å². The van der Waals surface area contributed by atoms with Gasteiger partial charge in [0, 0.05) is 10.7 Å². The van der Waals surface area contributed by atoms with Crippen LogP contribution < -0.4 is 4.72 Å². The van der Waals surface area contributed by atoms with Crippen LogP contribution >= 0.6 is 15.9 Å². The molecule has 1 aromatic carbocycles. The quantitative estimate of drug-likeness (QED) is 0.927. The van der Waals surface area contributed by atoms with Crippen molar-refractivity contribution in [2.24, 2.45) is 0 Å². The van der Waals surface area contributed by atoms with Gasteiger partial charge in [0.2, 0.25) is 10.0 Å². The Hall–Kier alpha value is -1.47. The lowest BCUT2D eigenvalue weighted by Gasteiger charge is -2.08. The zero-order valence-electron chi connectivity index (χ0n) is 9.68.